The first-order valence-corrected chi connectivity index (χ1v) is 8.60. The molecule has 3 heterocycles. The lowest BCUT2D eigenvalue weighted by molar-refractivity contribution is 0.262. The van der Waals surface area contributed by atoms with Gasteiger partial charge in [0.05, 0.1) is 22.9 Å². The maximum atomic E-state index is 12.5. The minimum atomic E-state index is -0.413. The molecule has 0 spiro atoms. The Bertz CT molecular complexity index is 1070. The molecule has 0 saturated heterocycles. The molecule has 0 aliphatic heterocycles. The van der Waals surface area contributed by atoms with Crippen LogP contribution in [-0.2, 0) is 0 Å². The standard InChI is InChI=1S/C20H20N6O/c1-11(2)18-17(10-23-15-6-5-13(4)24-19(15)18)26-20(27)25-16-7-14(8-21)22-9-12(16)3/h5-7,9-11H,1-4H3,(H2,22,25,26,27). The van der Waals surface area contributed by atoms with E-state index in [1.54, 1.807) is 18.5 Å². The van der Waals surface area contributed by atoms with Crippen molar-refractivity contribution >= 4 is 28.4 Å². The second-order valence-electron chi connectivity index (χ2n) is 6.64. The fourth-order valence-electron chi connectivity index (χ4n) is 2.86. The van der Waals surface area contributed by atoms with Crippen LogP contribution >= 0.6 is 0 Å². The molecule has 136 valence electrons. The van der Waals surface area contributed by atoms with Crippen molar-refractivity contribution < 1.29 is 4.79 Å². The molecule has 0 saturated carbocycles. The summed E-state index contributed by atoms with van der Waals surface area (Å²) >= 11 is 0. The summed E-state index contributed by atoms with van der Waals surface area (Å²) in [5.74, 6) is 0.146. The predicted molar refractivity (Wildman–Crippen MR) is 105 cm³/mol. The third-order valence-corrected chi connectivity index (χ3v) is 4.18. The highest BCUT2D eigenvalue weighted by Gasteiger charge is 2.16. The zero-order chi connectivity index (χ0) is 19.6. The van der Waals surface area contributed by atoms with Gasteiger partial charge in [0, 0.05) is 23.1 Å². The number of nitrogens with zero attached hydrogens (tertiary/aromatic N) is 4. The molecule has 2 amide bonds. The van der Waals surface area contributed by atoms with Crippen LogP contribution in [0, 0.1) is 25.2 Å². The molecule has 0 radical (unpaired) electrons. The van der Waals surface area contributed by atoms with Crippen molar-refractivity contribution in [2.45, 2.75) is 33.6 Å². The molecule has 0 aliphatic carbocycles. The summed E-state index contributed by atoms with van der Waals surface area (Å²) in [6.45, 7) is 7.84. The third-order valence-electron chi connectivity index (χ3n) is 4.18. The summed E-state index contributed by atoms with van der Waals surface area (Å²) in [6, 6.07) is 6.94. The minimum absolute atomic E-state index is 0.146. The molecule has 3 aromatic heterocycles. The number of carbonyl (C=O) groups excluding carboxylic acids is 1. The first-order valence-electron chi connectivity index (χ1n) is 8.60. The lowest BCUT2D eigenvalue weighted by Gasteiger charge is -2.16. The Kier molecular flexibility index (Phi) is 4.99. The van der Waals surface area contributed by atoms with Gasteiger partial charge in [0.1, 0.15) is 11.8 Å². The summed E-state index contributed by atoms with van der Waals surface area (Å²) < 4.78 is 0. The lowest BCUT2D eigenvalue weighted by atomic mass is 10.00. The smallest absolute Gasteiger partial charge is 0.307 e. The average Bonchev–Trinajstić information content (AvgIpc) is 2.62. The van der Waals surface area contributed by atoms with Gasteiger partial charge in [-0.15, -0.1) is 0 Å². The van der Waals surface area contributed by atoms with Gasteiger partial charge in [-0.1, -0.05) is 13.8 Å². The van der Waals surface area contributed by atoms with Crippen LogP contribution in [0.1, 0.15) is 42.3 Å². The Morgan fingerprint density at radius 1 is 1.11 bits per heavy atom. The molecule has 0 atom stereocenters. The Labute approximate surface area is 157 Å². The molecular formula is C20H20N6O. The van der Waals surface area contributed by atoms with E-state index in [-0.39, 0.29) is 11.6 Å². The van der Waals surface area contributed by atoms with Crippen LogP contribution in [0.3, 0.4) is 0 Å². The highest BCUT2D eigenvalue weighted by molar-refractivity contribution is 6.02. The second-order valence-corrected chi connectivity index (χ2v) is 6.64. The Balaban J connectivity index is 1.93. The fraction of sp³-hybridized carbons (Fsp3) is 0.250. The van der Waals surface area contributed by atoms with Crippen LogP contribution in [-0.4, -0.2) is 21.0 Å². The van der Waals surface area contributed by atoms with E-state index < -0.39 is 6.03 Å². The normalized spacial score (nSPS) is 10.7. The minimum Gasteiger partial charge on any atom is -0.307 e. The number of nitrogens with one attached hydrogen (secondary N) is 2. The van der Waals surface area contributed by atoms with Crippen LogP contribution < -0.4 is 10.6 Å². The van der Waals surface area contributed by atoms with Crippen molar-refractivity contribution in [3.8, 4) is 6.07 Å². The molecule has 0 fully saturated rings. The molecule has 7 heteroatoms. The molecule has 3 rings (SSSR count). The van der Waals surface area contributed by atoms with E-state index in [0.717, 1.165) is 27.9 Å². The monoisotopic (exact) mass is 360 g/mol. The van der Waals surface area contributed by atoms with Gasteiger partial charge in [-0.25, -0.2) is 9.78 Å². The van der Waals surface area contributed by atoms with Gasteiger partial charge in [-0.2, -0.15) is 5.26 Å². The molecule has 0 aliphatic rings. The summed E-state index contributed by atoms with van der Waals surface area (Å²) in [5, 5.41) is 14.6. The molecule has 2 N–H and O–H groups in total. The number of nitriles is 1. The molecule has 0 bridgehead atoms. The summed E-state index contributed by atoms with van der Waals surface area (Å²) in [4.78, 5) is 25.5. The Morgan fingerprint density at radius 2 is 1.85 bits per heavy atom. The number of hydrogen-bond donors (Lipinski definition) is 2. The molecular weight excluding hydrogens is 340 g/mol. The van der Waals surface area contributed by atoms with Crippen LogP contribution in [0.2, 0.25) is 0 Å². The number of amides is 2. The summed E-state index contributed by atoms with van der Waals surface area (Å²) in [7, 11) is 0. The van der Waals surface area contributed by atoms with Gasteiger partial charge in [0.15, 0.2) is 0 Å². The number of pyridine rings is 3. The summed E-state index contributed by atoms with van der Waals surface area (Å²) in [6.07, 6.45) is 3.20. The fourth-order valence-corrected chi connectivity index (χ4v) is 2.86. The number of urea groups is 1. The lowest BCUT2D eigenvalue weighted by Crippen LogP contribution is -2.21. The number of aryl methyl sites for hydroxylation is 2. The van der Waals surface area contributed by atoms with Crippen LogP contribution in [0.25, 0.3) is 11.0 Å². The maximum absolute atomic E-state index is 12.5. The van der Waals surface area contributed by atoms with E-state index in [9.17, 15) is 4.79 Å². The van der Waals surface area contributed by atoms with E-state index in [2.05, 4.69) is 25.6 Å². The number of hydrogen-bond acceptors (Lipinski definition) is 5. The van der Waals surface area contributed by atoms with Crippen LogP contribution in [0.4, 0.5) is 16.2 Å². The number of aromatic nitrogens is 3. The number of fused-ring (bicyclic) bond motifs is 1. The largest absolute Gasteiger partial charge is 0.323 e. The van der Waals surface area contributed by atoms with Gasteiger partial charge in [-0.05, 0) is 43.5 Å². The molecule has 0 aromatic carbocycles. The zero-order valence-electron chi connectivity index (χ0n) is 15.7. The van der Waals surface area contributed by atoms with Crippen LogP contribution in [0.5, 0.6) is 0 Å². The molecule has 0 unspecified atom stereocenters. The quantitative estimate of drug-likeness (QED) is 0.725. The highest BCUT2D eigenvalue weighted by atomic mass is 16.2. The van der Waals surface area contributed by atoms with E-state index in [1.807, 2.05) is 45.9 Å². The molecule has 7 nitrogen and oxygen atoms in total. The van der Waals surface area contributed by atoms with Crippen LogP contribution in [0.15, 0.2) is 30.6 Å². The predicted octanol–water partition coefficient (Wildman–Crippen LogP) is 4.28. The van der Waals surface area contributed by atoms with Crippen molar-refractivity contribution in [2.75, 3.05) is 10.6 Å². The summed E-state index contributed by atoms with van der Waals surface area (Å²) in [5.41, 5.74) is 5.56. The van der Waals surface area contributed by atoms with Crippen molar-refractivity contribution in [3.05, 3.63) is 53.1 Å². The van der Waals surface area contributed by atoms with E-state index in [4.69, 9.17) is 5.26 Å². The second kappa shape index (κ2) is 7.38. The van der Waals surface area contributed by atoms with Crippen molar-refractivity contribution in [2.24, 2.45) is 0 Å². The first-order chi connectivity index (χ1) is 12.9. The average molecular weight is 360 g/mol. The van der Waals surface area contributed by atoms with Gasteiger partial charge in [0.25, 0.3) is 0 Å². The van der Waals surface area contributed by atoms with Gasteiger partial charge >= 0.3 is 6.03 Å². The van der Waals surface area contributed by atoms with E-state index >= 15 is 0 Å². The first kappa shape index (κ1) is 18.3. The number of rotatable bonds is 3. The maximum Gasteiger partial charge on any atom is 0.323 e. The number of carbonyl (C=O) groups is 1. The highest BCUT2D eigenvalue weighted by Crippen LogP contribution is 2.30. The Hall–Kier alpha value is -3.53. The van der Waals surface area contributed by atoms with E-state index in [0.29, 0.717) is 11.4 Å². The number of anilines is 2. The SMILES string of the molecule is Cc1ccc2ncc(NC(=O)Nc3cc(C#N)ncc3C)c(C(C)C)c2n1. The molecule has 3 aromatic rings. The van der Waals surface area contributed by atoms with Crippen molar-refractivity contribution in [1.29, 1.82) is 5.26 Å². The molecule has 27 heavy (non-hydrogen) atoms. The van der Waals surface area contributed by atoms with Gasteiger partial charge in [-0.3, -0.25) is 9.97 Å². The Morgan fingerprint density at radius 3 is 2.56 bits per heavy atom. The van der Waals surface area contributed by atoms with Crippen molar-refractivity contribution in [3.63, 3.8) is 0 Å². The van der Waals surface area contributed by atoms with E-state index in [1.165, 1.54) is 0 Å². The third kappa shape index (κ3) is 3.85. The van der Waals surface area contributed by atoms with Gasteiger partial charge < -0.3 is 10.6 Å². The van der Waals surface area contributed by atoms with Gasteiger partial charge in [0.2, 0.25) is 0 Å². The topological polar surface area (TPSA) is 104 Å². The zero-order valence-corrected chi connectivity index (χ0v) is 15.7. The van der Waals surface area contributed by atoms with Crippen molar-refractivity contribution in [1.82, 2.24) is 15.0 Å².